The summed E-state index contributed by atoms with van der Waals surface area (Å²) < 4.78 is 14.2. The molecule has 0 aliphatic heterocycles. The monoisotopic (exact) mass is 300 g/mol. The summed E-state index contributed by atoms with van der Waals surface area (Å²) >= 11 is 0. The van der Waals surface area contributed by atoms with Crippen LogP contribution in [0.5, 0.6) is 0 Å². The average molecular weight is 300 g/mol. The Kier molecular flexibility index (Phi) is 5.67. The second-order valence-corrected chi connectivity index (χ2v) is 5.27. The average Bonchev–Trinajstić information content (AvgIpc) is 2.52. The number of benzene rings is 2. The van der Waals surface area contributed by atoms with Crippen molar-refractivity contribution in [2.45, 2.75) is 13.3 Å². The van der Waals surface area contributed by atoms with Gasteiger partial charge in [0.05, 0.1) is 5.56 Å². The van der Waals surface area contributed by atoms with E-state index in [1.54, 1.807) is 6.07 Å². The number of rotatable bonds is 6. The van der Waals surface area contributed by atoms with Crippen LogP contribution in [0.25, 0.3) is 11.1 Å². The molecule has 2 N–H and O–H groups in total. The van der Waals surface area contributed by atoms with Gasteiger partial charge in [0.15, 0.2) is 0 Å². The van der Waals surface area contributed by atoms with Crippen LogP contribution in [0.4, 0.5) is 4.39 Å². The molecule has 0 aliphatic carbocycles. The molecule has 3 nitrogen and oxygen atoms in total. The summed E-state index contributed by atoms with van der Waals surface area (Å²) in [6.07, 6.45) is 0.811. The predicted octanol–water partition coefficient (Wildman–Crippen LogP) is 3.14. The van der Waals surface area contributed by atoms with Crippen LogP contribution in [0.15, 0.2) is 42.5 Å². The van der Waals surface area contributed by atoms with E-state index in [-0.39, 0.29) is 11.5 Å². The van der Waals surface area contributed by atoms with Gasteiger partial charge in [0.1, 0.15) is 5.82 Å². The molecule has 0 aromatic heterocycles. The fourth-order valence-corrected chi connectivity index (χ4v) is 2.19. The first-order valence-corrected chi connectivity index (χ1v) is 7.41. The Bertz CT molecular complexity index is 638. The van der Waals surface area contributed by atoms with Crippen LogP contribution < -0.4 is 10.6 Å². The van der Waals surface area contributed by atoms with Crippen molar-refractivity contribution in [2.75, 3.05) is 20.1 Å². The van der Waals surface area contributed by atoms with Crippen LogP contribution in [0.2, 0.25) is 0 Å². The number of aryl methyl sites for hydroxylation is 1. The molecule has 1 amide bonds. The fourth-order valence-electron chi connectivity index (χ4n) is 2.19. The largest absolute Gasteiger partial charge is 0.352 e. The summed E-state index contributed by atoms with van der Waals surface area (Å²) in [4.78, 5) is 11.9. The minimum absolute atomic E-state index is 0.0836. The summed E-state index contributed by atoms with van der Waals surface area (Å²) in [6, 6.07) is 12.6. The van der Waals surface area contributed by atoms with Gasteiger partial charge in [-0.05, 0) is 50.2 Å². The van der Waals surface area contributed by atoms with Gasteiger partial charge in [-0.3, -0.25) is 4.79 Å². The Labute approximate surface area is 130 Å². The lowest BCUT2D eigenvalue weighted by Gasteiger charge is -2.08. The van der Waals surface area contributed by atoms with Gasteiger partial charge < -0.3 is 10.6 Å². The molecule has 22 heavy (non-hydrogen) atoms. The second kappa shape index (κ2) is 7.71. The van der Waals surface area contributed by atoms with E-state index in [4.69, 9.17) is 0 Å². The zero-order valence-corrected chi connectivity index (χ0v) is 12.9. The van der Waals surface area contributed by atoms with Gasteiger partial charge in [0.2, 0.25) is 0 Å². The van der Waals surface area contributed by atoms with Gasteiger partial charge >= 0.3 is 0 Å². The van der Waals surface area contributed by atoms with E-state index < -0.39 is 5.82 Å². The number of amides is 1. The zero-order valence-electron chi connectivity index (χ0n) is 12.9. The van der Waals surface area contributed by atoms with Gasteiger partial charge in [-0.25, -0.2) is 4.39 Å². The fraction of sp³-hybridized carbons (Fsp3) is 0.278. The molecule has 0 fully saturated rings. The van der Waals surface area contributed by atoms with E-state index in [9.17, 15) is 9.18 Å². The maximum atomic E-state index is 14.2. The number of hydrogen-bond acceptors (Lipinski definition) is 2. The molecule has 0 atom stereocenters. The SMILES string of the molecule is CNCCCNC(=O)c1ccc(-c2ccc(C)cc2)cc1F. The summed E-state index contributed by atoms with van der Waals surface area (Å²) in [5.74, 6) is -0.867. The topological polar surface area (TPSA) is 41.1 Å². The lowest BCUT2D eigenvalue weighted by Crippen LogP contribution is -2.27. The van der Waals surface area contributed by atoms with E-state index in [2.05, 4.69) is 10.6 Å². The van der Waals surface area contributed by atoms with Crippen molar-refractivity contribution in [2.24, 2.45) is 0 Å². The molecule has 4 heteroatoms. The van der Waals surface area contributed by atoms with Crippen LogP contribution in [0, 0.1) is 12.7 Å². The molecule has 0 heterocycles. The minimum Gasteiger partial charge on any atom is -0.352 e. The molecule has 2 rings (SSSR count). The highest BCUT2D eigenvalue weighted by molar-refractivity contribution is 5.95. The molecule has 2 aromatic carbocycles. The highest BCUT2D eigenvalue weighted by Gasteiger charge is 2.12. The van der Waals surface area contributed by atoms with Crippen molar-refractivity contribution in [3.63, 3.8) is 0 Å². The molecular weight excluding hydrogens is 279 g/mol. The second-order valence-electron chi connectivity index (χ2n) is 5.27. The predicted molar refractivity (Wildman–Crippen MR) is 87.4 cm³/mol. The molecule has 0 bridgehead atoms. The van der Waals surface area contributed by atoms with Crippen LogP contribution in [0.1, 0.15) is 22.3 Å². The third-order valence-corrected chi connectivity index (χ3v) is 3.49. The van der Waals surface area contributed by atoms with Crippen LogP contribution in [-0.4, -0.2) is 26.0 Å². The Hall–Kier alpha value is -2.20. The zero-order chi connectivity index (χ0) is 15.9. The Balaban J connectivity index is 2.09. The number of nitrogens with one attached hydrogen (secondary N) is 2. The molecule has 0 radical (unpaired) electrons. The number of carbonyl (C=O) groups is 1. The normalized spacial score (nSPS) is 10.5. The first kappa shape index (κ1) is 16.2. The van der Waals surface area contributed by atoms with E-state index in [0.29, 0.717) is 6.54 Å². The summed E-state index contributed by atoms with van der Waals surface area (Å²) in [5.41, 5.74) is 2.94. The molecule has 0 spiro atoms. The molecule has 0 saturated heterocycles. The first-order valence-electron chi connectivity index (χ1n) is 7.41. The molecular formula is C18H21FN2O. The van der Waals surface area contributed by atoms with E-state index in [0.717, 1.165) is 29.7 Å². The van der Waals surface area contributed by atoms with Crippen molar-refractivity contribution in [3.8, 4) is 11.1 Å². The van der Waals surface area contributed by atoms with Crippen molar-refractivity contribution >= 4 is 5.91 Å². The van der Waals surface area contributed by atoms with Crippen LogP contribution >= 0.6 is 0 Å². The Morgan fingerprint density at radius 3 is 2.36 bits per heavy atom. The van der Waals surface area contributed by atoms with Crippen LogP contribution in [0.3, 0.4) is 0 Å². The number of halogens is 1. The number of hydrogen-bond donors (Lipinski definition) is 2. The van der Waals surface area contributed by atoms with Gasteiger partial charge in [-0.1, -0.05) is 35.9 Å². The molecule has 116 valence electrons. The van der Waals surface area contributed by atoms with Crippen molar-refractivity contribution < 1.29 is 9.18 Å². The highest BCUT2D eigenvalue weighted by Crippen LogP contribution is 2.22. The Morgan fingerprint density at radius 1 is 1.05 bits per heavy atom. The molecule has 0 unspecified atom stereocenters. The lowest BCUT2D eigenvalue weighted by atomic mass is 10.0. The molecule has 0 saturated carbocycles. The maximum Gasteiger partial charge on any atom is 0.254 e. The van der Waals surface area contributed by atoms with Crippen molar-refractivity contribution in [3.05, 3.63) is 59.4 Å². The van der Waals surface area contributed by atoms with Gasteiger partial charge in [-0.15, -0.1) is 0 Å². The van der Waals surface area contributed by atoms with Gasteiger partial charge in [0, 0.05) is 6.54 Å². The van der Waals surface area contributed by atoms with E-state index in [1.807, 2.05) is 38.2 Å². The lowest BCUT2D eigenvalue weighted by molar-refractivity contribution is 0.0949. The van der Waals surface area contributed by atoms with Crippen LogP contribution in [-0.2, 0) is 0 Å². The third kappa shape index (κ3) is 4.15. The highest BCUT2D eigenvalue weighted by atomic mass is 19.1. The molecule has 0 aliphatic rings. The van der Waals surface area contributed by atoms with Crippen molar-refractivity contribution in [1.82, 2.24) is 10.6 Å². The van der Waals surface area contributed by atoms with E-state index >= 15 is 0 Å². The maximum absolute atomic E-state index is 14.2. The standard InChI is InChI=1S/C18H21FN2O/c1-13-4-6-14(7-5-13)15-8-9-16(17(19)12-15)18(22)21-11-3-10-20-2/h4-9,12,20H,3,10-11H2,1-2H3,(H,21,22). The first-order chi connectivity index (χ1) is 10.6. The van der Waals surface area contributed by atoms with E-state index in [1.165, 1.54) is 12.1 Å². The van der Waals surface area contributed by atoms with Gasteiger partial charge in [-0.2, -0.15) is 0 Å². The smallest absolute Gasteiger partial charge is 0.254 e. The summed E-state index contributed by atoms with van der Waals surface area (Å²) in [7, 11) is 1.85. The van der Waals surface area contributed by atoms with Gasteiger partial charge in [0.25, 0.3) is 5.91 Å². The third-order valence-electron chi connectivity index (χ3n) is 3.49. The Morgan fingerprint density at radius 2 is 1.73 bits per heavy atom. The number of carbonyl (C=O) groups excluding carboxylic acids is 1. The molecule has 2 aromatic rings. The minimum atomic E-state index is -0.496. The summed E-state index contributed by atoms with van der Waals surface area (Å²) in [6.45, 7) is 3.35. The summed E-state index contributed by atoms with van der Waals surface area (Å²) in [5, 5.41) is 5.72. The quantitative estimate of drug-likeness (QED) is 0.805. The van der Waals surface area contributed by atoms with Crippen molar-refractivity contribution in [1.29, 1.82) is 0 Å².